The molecule has 0 spiro atoms. The van der Waals surface area contributed by atoms with Gasteiger partial charge in [0.05, 0.1) is 21.7 Å². The lowest BCUT2D eigenvalue weighted by Crippen LogP contribution is -2.53. The molecule has 0 N–H and O–H groups in total. The van der Waals surface area contributed by atoms with Crippen molar-refractivity contribution < 1.29 is 18.8 Å². The lowest BCUT2D eigenvalue weighted by molar-refractivity contribution is -0.141. The highest BCUT2D eigenvalue weighted by atomic mass is 35.5. The van der Waals surface area contributed by atoms with Crippen LogP contribution in [0.15, 0.2) is 36.4 Å². The molecule has 38 heavy (non-hydrogen) atoms. The predicted octanol–water partition coefficient (Wildman–Crippen LogP) is 4.72. The molecule has 0 unspecified atom stereocenters. The van der Waals surface area contributed by atoms with Gasteiger partial charge in [-0.3, -0.25) is 14.4 Å². The van der Waals surface area contributed by atoms with Crippen molar-refractivity contribution in [1.29, 1.82) is 5.26 Å². The Morgan fingerprint density at radius 2 is 1.68 bits per heavy atom. The fourth-order valence-electron chi connectivity index (χ4n) is 5.51. The number of hydrogen-bond acceptors (Lipinski definition) is 4. The fourth-order valence-corrected chi connectivity index (χ4v) is 5.81. The highest BCUT2D eigenvalue weighted by Gasteiger charge is 2.39. The van der Waals surface area contributed by atoms with Crippen molar-refractivity contribution in [3.8, 4) is 6.07 Å². The van der Waals surface area contributed by atoms with Crippen molar-refractivity contribution in [2.75, 3.05) is 33.2 Å². The Labute approximate surface area is 231 Å². The van der Waals surface area contributed by atoms with Crippen molar-refractivity contribution in [1.82, 2.24) is 14.7 Å². The SMILES string of the molecule is CC(=O)N1CCC(C(=O)N2CC[C@@H](N(C)C(=O)c3cc(F)cc(C#N)c3)[C@H](c3ccc(Cl)c(Cl)c3)C2)CC1. The smallest absolute Gasteiger partial charge is 0.254 e. The average Bonchev–Trinajstić information content (AvgIpc) is 2.92. The molecule has 2 aliphatic heterocycles. The molecule has 2 atom stereocenters. The second kappa shape index (κ2) is 11.7. The van der Waals surface area contributed by atoms with E-state index in [2.05, 4.69) is 0 Å². The Hall–Kier alpha value is -3.15. The number of nitrogens with zero attached hydrogens (tertiary/aromatic N) is 4. The van der Waals surface area contributed by atoms with Gasteiger partial charge >= 0.3 is 0 Å². The van der Waals surface area contributed by atoms with Crippen molar-refractivity contribution in [3.05, 3.63) is 69.0 Å². The number of nitriles is 1. The van der Waals surface area contributed by atoms with Gasteiger partial charge in [0.25, 0.3) is 5.91 Å². The highest BCUT2D eigenvalue weighted by molar-refractivity contribution is 6.42. The van der Waals surface area contributed by atoms with Gasteiger partial charge in [0.2, 0.25) is 11.8 Å². The summed E-state index contributed by atoms with van der Waals surface area (Å²) >= 11 is 12.5. The molecular formula is C28H29Cl2FN4O3. The third kappa shape index (κ3) is 5.95. The summed E-state index contributed by atoms with van der Waals surface area (Å²) in [5, 5.41) is 9.98. The van der Waals surface area contributed by atoms with Gasteiger partial charge < -0.3 is 14.7 Å². The molecule has 2 fully saturated rings. The van der Waals surface area contributed by atoms with Crippen LogP contribution in [-0.4, -0.2) is 71.7 Å². The quantitative estimate of drug-likeness (QED) is 0.543. The summed E-state index contributed by atoms with van der Waals surface area (Å²) < 4.78 is 14.1. The van der Waals surface area contributed by atoms with Crippen molar-refractivity contribution >= 4 is 40.9 Å². The fraction of sp³-hybridized carbons (Fsp3) is 0.429. The lowest BCUT2D eigenvalue weighted by Gasteiger charge is -2.44. The van der Waals surface area contributed by atoms with Crippen molar-refractivity contribution in [2.24, 2.45) is 5.92 Å². The summed E-state index contributed by atoms with van der Waals surface area (Å²) in [6, 6.07) is 10.5. The van der Waals surface area contributed by atoms with E-state index >= 15 is 0 Å². The Morgan fingerprint density at radius 3 is 2.32 bits per heavy atom. The van der Waals surface area contributed by atoms with E-state index in [9.17, 15) is 24.0 Å². The minimum Gasteiger partial charge on any atom is -0.343 e. The summed E-state index contributed by atoms with van der Waals surface area (Å²) in [6.45, 7) is 3.50. The van der Waals surface area contributed by atoms with E-state index in [1.807, 2.05) is 17.0 Å². The van der Waals surface area contributed by atoms with Crippen LogP contribution in [0.1, 0.15) is 53.6 Å². The molecule has 2 heterocycles. The van der Waals surface area contributed by atoms with Crippen LogP contribution < -0.4 is 0 Å². The Morgan fingerprint density at radius 1 is 1.00 bits per heavy atom. The van der Waals surface area contributed by atoms with E-state index in [0.29, 0.717) is 55.5 Å². The first kappa shape index (κ1) is 27.9. The highest BCUT2D eigenvalue weighted by Crippen LogP contribution is 2.35. The molecule has 3 amide bonds. The van der Waals surface area contributed by atoms with Crippen molar-refractivity contribution in [3.63, 3.8) is 0 Å². The molecule has 2 saturated heterocycles. The van der Waals surface area contributed by atoms with Gasteiger partial charge in [0.15, 0.2) is 0 Å². The first-order valence-corrected chi connectivity index (χ1v) is 13.3. The molecular weight excluding hydrogens is 530 g/mol. The molecule has 0 saturated carbocycles. The molecule has 2 aromatic carbocycles. The van der Waals surface area contributed by atoms with E-state index in [1.165, 1.54) is 13.0 Å². The third-order valence-corrected chi connectivity index (χ3v) is 8.38. The average molecular weight is 559 g/mol. The molecule has 7 nitrogen and oxygen atoms in total. The van der Waals surface area contributed by atoms with E-state index in [1.54, 1.807) is 29.0 Å². The van der Waals surface area contributed by atoms with Crippen LogP contribution >= 0.6 is 23.2 Å². The van der Waals surface area contributed by atoms with Crippen LogP contribution in [0.4, 0.5) is 4.39 Å². The van der Waals surface area contributed by atoms with Crippen LogP contribution in [0.3, 0.4) is 0 Å². The van der Waals surface area contributed by atoms with E-state index in [0.717, 1.165) is 17.7 Å². The molecule has 2 aromatic rings. The van der Waals surface area contributed by atoms with E-state index in [4.69, 9.17) is 23.2 Å². The van der Waals surface area contributed by atoms with Gasteiger partial charge in [0, 0.05) is 63.6 Å². The number of carbonyl (C=O) groups is 3. The largest absolute Gasteiger partial charge is 0.343 e. The zero-order valence-electron chi connectivity index (χ0n) is 21.3. The van der Waals surface area contributed by atoms with Gasteiger partial charge in [-0.1, -0.05) is 29.3 Å². The van der Waals surface area contributed by atoms with Crippen LogP contribution in [-0.2, 0) is 9.59 Å². The maximum absolute atomic E-state index is 14.1. The molecule has 10 heteroatoms. The normalized spacial score (nSPS) is 20.1. The van der Waals surface area contributed by atoms with Crippen LogP contribution in [0.2, 0.25) is 10.0 Å². The molecule has 0 radical (unpaired) electrons. The first-order chi connectivity index (χ1) is 18.1. The number of hydrogen-bond donors (Lipinski definition) is 0. The van der Waals surface area contributed by atoms with E-state index in [-0.39, 0.29) is 40.8 Å². The molecule has 2 aliphatic rings. The number of amides is 3. The summed E-state index contributed by atoms with van der Waals surface area (Å²) in [6.07, 6.45) is 1.75. The maximum atomic E-state index is 14.1. The number of rotatable bonds is 4. The number of benzene rings is 2. The number of carbonyl (C=O) groups excluding carboxylic acids is 3. The van der Waals surface area contributed by atoms with Crippen molar-refractivity contribution in [2.45, 2.75) is 38.1 Å². The van der Waals surface area contributed by atoms with Crippen LogP contribution in [0, 0.1) is 23.1 Å². The minimum absolute atomic E-state index is 0.0179. The van der Waals surface area contributed by atoms with E-state index < -0.39 is 11.7 Å². The Kier molecular flexibility index (Phi) is 8.59. The van der Waals surface area contributed by atoms with Gasteiger partial charge in [-0.05, 0) is 55.2 Å². The van der Waals surface area contributed by atoms with Crippen LogP contribution in [0.25, 0.3) is 0 Å². The Balaban J connectivity index is 1.58. The van der Waals surface area contributed by atoms with Gasteiger partial charge in [0.1, 0.15) is 5.82 Å². The standard InChI is InChI=1S/C28H29Cl2FN4O3/c1-17(36)34-8-5-19(6-9-34)28(38)35-10-7-26(23(16-35)20-3-4-24(29)25(30)14-20)33(2)27(37)21-11-18(15-32)12-22(31)13-21/h3-4,11-14,19,23,26H,5-10,16H2,1-2H3/t23-,26+/m0/s1. The van der Waals surface area contributed by atoms with Gasteiger partial charge in [-0.25, -0.2) is 4.39 Å². The molecule has 0 bridgehead atoms. The first-order valence-electron chi connectivity index (χ1n) is 12.6. The summed E-state index contributed by atoms with van der Waals surface area (Å²) in [4.78, 5) is 43.7. The summed E-state index contributed by atoms with van der Waals surface area (Å²) in [5.74, 6) is -1.42. The van der Waals surface area contributed by atoms with Crippen LogP contribution in [0.5, 0.6) is 0 Å². The molecule has 0 aromatic heterocycles. The predicted molar refractivity (Wildman–Crippen MR) is 142 cm³/mol. The van der Waals surface area contributed by atoms with Gasteiger partial charge in [-0.2, -0.15) is 5.26 Å². The second-order valence-electron chi connectivity index (χ2n) is 9.96. The minimum atomic E-state index is -0.655. The zero-order chi connectivity index (χ0) is 27.6. The molecule has 4 rings (SSSR count). The number of likely N-dealkylation sites (tertiary alicyclic amines) is 2. The third-order valence-electron chi connectivity index (χ3n) is 7.64. The number of halogens is 3. The topological polar surface area (TPSA) is 84.7 Å². The monoisotopic (exact) mass is 558 g/mol. The molecule has 200 valence electrons. The maximum Gasteiger partial charge on any atom is 0.254 e. The summed E-state index contributed by atoms with van der Waals surface area (Å²) in [5.41, 5.74) is 0.997. The van der Waals surface area contributed by atoms with Gasteiger partial charge in [-0.15, -0.1) is 0 Å². The second-order valence-corrected chi connectivity index (χ2v) is 10.8. The lowest BCUT2D eigenvalue weighted by atomic mass is 9.83. The number of likely N-dealkylation sites (N-methyl/N-ethyl adjacent to an activating group) is 1. The zero-order valence-corrected chi connectivity index (χ0v) is 22.8. The number of piperidine rings is 2. The summed E-state index contributed by atoms with van der Waals surface area (Å²) in [7, 11) is 1.66. The molecule has 0 aliphatic carbocycles. The Bertz CT molecular complexity index is 1290.